The number of carbonyl (C=O) groups excluding carboxylic acids is 2. The fourth-order valence-electron chi connectivity index (χ4n) is 1.69. The van der Waals surface area contributed by atoms with Crippen LogP contribution in [0, 0.1) is 5.92 Å². The summed E-state index contributed by atoms with van der Waals surface area (Å²) in [6, 6.07) is 0. The number of hydrogen-bond acceptors (Lipinski definition) is 4. The lowest BCUT2D eigenvalue weighted by molar-refractivity contribution is -0.148. The summed E-state index contributed by atoms with van der Waals surface area (Å²) >= 11 is 0. The molecule has 1 fully saturated rings. The first kappa shape index (κ1) is 12.1. The van der Waals surface area contributed by atoms with E-state index in [4.69, 9.17) is 4.74 Å². The maximum Gasteiger partial charge on any atom is 0.254 e. The molecule has 1 heterocycles. The van der Waals surface area contributed by atoms with Crippen molar-refractivity contribution < 1.29 is 14.3 Å². The maximum atomic E-state index is 11.8. The lowest BCUT2D eigenvalue weighted by atomic mass is 9.97. The molecule has 2 amide bonds. The molecular formula is C10H18N2O3. The zero-order chi connectivity index (χ0) is 11.3. The Bertz CT molecular complexity index is 237. The molecule has 0 aromatic rings. The van der Waals surface area contributed by atoms with E-state index in [1.807, 2.05) is 0 Å². The monoisotopic (exact) mass is 214 g/mol. The zero-order valence-corrected chi connectivity index (χ0v) is 9.28. The minimum absolute atomic E-state index is 0.0166. The quantitative estimate of drug-likeness (QED) is 0.695. The lowest BCUT2D eigenvalue weighted by Gasteiger charge is -2.25. The van der Waals surface area contributed by atoms with Crippen molar-refractivity contribution in [2.75, 3.05) is 33.9 Å². The molecule has 0 atom stereocenters. The Hall–Kier alpha value is -0.940. The molecule has 1 N–H and O–H groups in total. The van der Waals surface area contributed by atoms with Crippen LogP contribution in [0.5, 0.6) is 0 Å². The van der Waals surface area contributed by atoms with E-state index in [9.17, 15) is 9.59 Å². The van der Waals surface area contributed by atoms with Gasteiger partial charge in [-0.1, -0.05) is 0 Å². The van der Waals surface area contributed by atoms with Gasteiger partial charge in [-0.2, -0.15) is 0 Å². The summed E-state index contributed by atoms with van der Waals surface area (Å²) in [6.07, 6.45) is 1.62. The molecule has 0 aromatic carbocycles. The molecule has 15 heavy (non-hydrogen) atoms. The largest absolute Gasteiger partial charge is 0.375 e. The van der Waals surface area contributed by atoms with Crippen molar-refractivity contribution in [2.24, 2.45) is 5.92 Å². The van der Waals surface area contributed by atoms with E-state index in [0.29, 0.717) is 0 Å². The van der Waals surface area contributed by atoms with Gasteiger partial charge in [0.1, 0.15) is 6.61 Å². The van der Waals surface area contributed by atoms with E-state index in [0.717, 1.165) is 25.9 Å². The van der Waals surface area contributed by atoms with Crippen LogP contribution in [0.2, 0.25) is 0 Å². The lowest BCUT2D eigenvalue weighted by Crippen LogP contribution is -2.43. The van der Waals surface area contributed by atoms with Gasteiger partial charge < -0.3 is 10.1 Å². The molecule has 0 radical (unpaired) electrons. The summed E-state index contributed by atoms with van der Waals surface area (Å²) in [5.74, 6) is -0.378. The van der Waals surface area contributed by atoms with E-state index in [1.54, 1.807) is 0 Å². The number of ether oxygens (including phenoxy) is 1. The van der Waals surface area contributed by atoms with Crippen molar-refractivity contribution in [2.45, 2.75) is 12.8 Å². The first-order valence-electron chi connectivity index (χ1n) is 5.17. The number of hydrogen-bond donors (Lipinski definition) is 1. The summed E-state index contributed by atoms with van der Waals surface area (Å²) in [7, 11) is 2.96. The number of rotatable bonds is 3. The molecule has 5 heteroatoms. The fourth-order valence-corrected chi connectivity index (χ4v) is 1.69. The summed E-state index contributed by atoms with van der Waals surface area (Å²) in [6.45, 7) is 1.67. The number of piperidine rings is 1. The number of nitrogens with one attached hydrogen (secondary N) is 1. The molecule has 0 aliphatic carbocycles. The van der Waals surface area contributed by atoms with Gasteiger partial charge in [-0.05, 0) is 25.9 Å². The minimum atomic E-state index is -0.277. The normalized spacial score (nSPS) is 17.5. The predicted octanol–water partition coefficient (Wildman–Crippen LogP) is -0.383. The van der Waals surface area contributed by atoms with Crippen LogP contribution in [0.4, 0.5) is 0 Å². The van der Waals surface area contributed by atoms with E-state index in [1.165, 1.54) is 19.1 Å². The Morgan fingerprint density at radius 2 is 2.00 bits per heavy atom. The first-order valence-corrected chi connectivity index (χ1v) is 5.17. The van der Waals surface area contributed by atoms with Gasteiger partial charge >= 0.3 is 0 Å². The molecule has 1 saturated heterocycles. The van der Waals surface area contributed by atoms with Crippen LogP contribution in [0.3, 0.4) is 0 Å². The summed E-state index contributed by atoms with van der Waals surface area (Å²) in [4.78, 5) is 24.4. The Morgan fingerprint density at radius 1 is 1.40 bits per heavy atom. The fraction of sp³-hybridized carbons (Fsp3) is 0.800. The van der Waals surface area contributed by atoms with E-state index in [-0.39, 0.29) is 24.3 Å². The van der Waals surface area contributed by atoms with Crippen molar-refractivity contribution >= 4 is 11.8 Å². The molecule has 5 nitrogen and oxygen atoms in total. The van der Waals surface area contributed by atoms with Crippen molar-refractivity contribution in [1.82, 2.24) is 10.2 Å². The number of amides is 2. The minimum Gasteiger partial charge on any atom is -0.375 e. The van der Waals surface area contributed by atoms with E-state index >= 15 is 0 Å². The molecular weight excluding hydrogens is 196 g/mol. The van der Waals surface area contributed by atoms with Crippen LogP contribution in [0.15, 0.2) is 0 Å². The molecule has 0 aromatic heterocycles. The molecule has 86 valence electrons. The van der Waals surface area contributed by atoms with E-state index in [2.05, 4.69) is 5.32 Å². The van der Waals surface area contributed by atoms with Crippen LogP contribution < -0.4 is 5.32 Å². The van der Waals surface area contributed by atoms with Gasteiger partial charge in [0, 0.05) is 20.1 Å². The van der Waals surface area contributed by atoms with Crippen LogP contribution in [0.25, 0.3) is 0 Å². The van der Waals surface area contributed by atoms with Gasteiger partial charge in [-0.15, -0.1) is 0 Å². The zero-order valence-electron chi connectivity index (χ0n) is 9.28. The van der Waals surface area contributed by atoms with Gasteiger partial charge in [0.05, 0.1) is 0 Å². The van der Waals surface area contributed by atoms with E-state index < -0.39 is 0 Å². The van der Waals surface area contributed by atoms with Crippen LogP contribution in [-0.2, 0) is 14.3 Å². The number of carbonyl (C=O) groups is 2. The third kappa shape index (κ3) is 3.28. The molecule has 1 rings (SSSR count). The van der Waals surface area contributed by atoms with Gasteiger partial charge in [0.2, 0.25) is 5.91 Å². The molecule has 0 spiro atoms. The summed E-state index contributed by atoms with van der Waals surface area (Å²) in [5, 5.41) is 3.18. The van der Waals surface area contributed by atoms with Gasteiger partial charge in [-0.25, -0.2) is 0 Å². The second kappa shape index (κ2) is 5.82. The van der Waals surface area contributed by atoms with Crippen molar-refractivity contribution in [1.29, 1.82) is 0 Å². The highest BCUT2D eigenvalue weighted by Gasteiger charge is 2.26. The molecule has 0 unspecified atom stereocenters. The first-order chi connectivity index (χ1) is 7.16. The second-order valence-electron chi connectivity index (χ2n) is 3.75. The molecule has 0 bridgehead atoms. The molecule has 1 aliphatic rings. The smallest absolute Gasteiger partial charge is 0.254 e. The number of methoxy groups -OCH3 is 1. The Kier molecular flexibility index (Phi) is 4.71. The molecule has 0 saturated carbocycles. The molecule has 1 aliphatic heterocycles. The van der Waals surface area contributed by atoms with Crippen LogP contribution in [-0.4, -0.2) is 50.6 Å². The SMILES string of the molecule is COCC(=O)N(C)C(=O)C1CCNCC1. The highest BCUT2D eigenvalue weighted by atomic mass is 16.5. The Balaban J connectivity index is 2.47. The highest BCUT2D eigenvalue weighted by molar-refractivity contribution is 5.96. The average molecular weight is 214 g/mol. The number of nitrogens with zero attached hydrogens (tertiary/aromatic N) is 1. The van der Waals surface area contributed by atoms with Gasteiger partial charge in [0.15, 0.2) is 0 Å². The van der Waals surface area contributed by atoms with Crippen LogP contribution >= 0.6 is 0 Å². The topological polar surface area (TPSA) is 58.6 Å². The second-order valence-corrected chi connectivity index (χ2v) is 3.75. The predicted molar refractivity (Wildman–Crippen MR) is 55.2 cm³/mol. The highest BCUT2D eigenvalue weighted by Crippen LogP contribution is 2.14. The van der Waals surface area contributed by atoms with Gasteiger partial charge in [-0.3, -0.25) is 14.5 Å². The van der Waals surface area contributed by atoms with Crippen molar-refractivity contribution in [3.63, 3.8) is 0 Å². The van der Waals surface area contributed by atoms with Gasteiger partial charge in [0.25, 0.3) is 5.91 Å². The average Bonchev–Trinajstić information content (AvgIpc) is 2.28. The van der Waals surface area contributed by atoms with Crippen molar-refractivity contribution in [3.05, 3.63) is 0 Å². The van der Waals surface area contributed by atoms with Crippen molar-refractivity contribution in [3.8, 4) is 0 Å². The number of likely N-dealkylation sites (N-methyl/N-ethyl adjacent to an activating group) is 1. The third-order valence-corrected chi connectivity index (χ3v) is 2.66. The third-order valence-electron chi connectivity index (χ3n) is 2.66. The Morgan fingerprint density at radius 3 is 2.53 bits per heavy atom. The maximum absolute atomic E-state index is 11.8. The summed E-state index contributed by atoms with van der Waals surface area (Å²) in [5.41, 5.74) is 0. The Labute approximate surface area is 89.8 Å². The summed E-state index contributed by atoms with van der Waals surface area (Å²) < 4.78 is 4.71. The standard InChI is InChI=1S/C10H18N2O3/c1-12(9(13)7-15-2)10(14)8-3-5-11-6-4-8/h8,11H,3-7H2,1-2H3. The van der Waals surface area contributed by atoms with Crippen LogP contribution in [0.1, 0.15) is 12.8 Å². The number of imide groups is 1.